The summed E-state index contributed by atoms with van der Waals surface area (Å²) in [7, 11) is 0. The van der Waals surface area contributed by atoms with Crippen LogP contribution in [0, 0.1) is 0 Å². The zero-order chi connectivity index (χ0) is 22.2. The Morgan fingerprint density at radius 2 is 1.50 bits per heavy atom. The van der Waals surface area contributed by atoms with Gasteiger partial charge in [-0.2, -0.15) is 0 Å². The van der Waals surface area contributed by atoms with E-state index in [0.717, 1.165) is 35.1 Å². The summed E-state index contributed by atoms with van der Waals surface area (Å²) in [5, 5.41) is 10.5. The second-order valence-corrected chi connectivity index (χ2v) is 8.67. The molecule has 1 amide bonds. The van der Waals surface area contributed by atoms with Crippen molar-refractivity contribution in [1.29, 1.82) is 0 Å². The minimum Gasteiger partial charge on any atom is -0.479 e. The quantitative estimate of drug-likeness (QED) is 0.512. The number of nitrogens with zero attached hydrogens (tertiary/aromatic N) is 1. The first-order valence-corrected chi connectivity index (χ1v) is 11.0. The van der Waals surface area contributed by atoms with Crippen LogP contribution in [0.25, 0.3) is 11.1 Å². The van der Waals surface area contributed by atoms with Gasteiger partial charge >= 0.3 is 12.1 Å². The van der Waals surface area contributed by atoms with Crippen molar-refractivity contribution < 1.29 is 19.4 Å². The second kappa shape index (κ2) is 8.32. The van der Waals surface area contributed by atoms with Gasteiger partial charge in [0.05, 0.1) is 0 Å². The van der Waals surface area contributed by atoms with Crippen LogP contribution in [0.5, 0.6) is 0 Å². The lowest BCUT2D eigenvalue weighted by Gasteiger charge is -2.29. The molecule has 1 N–H and O–H groups in total. The highest BCUT2D eigenvalue weighted by Gasteiger charge is 2.43. The summed E-state index contributed by atoms with van der Waals surface area (Å²) in [6.45, 7) is 0.156. The fourth-order valence-electron chi connectivity index (χ4n) is 4.55. The highest BCUT2D eigenvalue weighted by molar-refractivity contribution is 6.30. The Hall–Kier alpha value is -3.31. The van der Waals surface area contributed by atoms with E-state index in [1.807, 2.05) is 24.3 Å². The maximum Gasteiger partial charge on any atom is 0.411 e. The van der Waals surface area contributed by atoms with E-state index in [4.69, 9.17) is 16.3 Å². The molecule has 0 spiro atoms. The highest BCUT2D eigenvalue weighted by atomic mass is 35.5. The summed E-state index contributed by atoms with van der Waals surface area (Å²) in [6.07, 6.45) is 0.931. The monoisotopic (exact) mass is 447 g/mol. The normalized spacial score (nSPS) is 15.5. The Balaban J connectivity index is 1.40. The molecule has 0 aliphatic heterocycles. The molecule has 0 saturated heterocycles. The maximum absolute atomic E-state index is 13.2. The van der Waals surface area contributed by atoms with Crippen molar-refractivity contribution in [3.63, 3.8) is 0 Å². The van der Waals surface area contributed by atoms with Crippen molar-refractivity contribution in [3.8, 4) is 11.1 Å². The lowest BCUT2D eigenvalue weighted by molar-refractivity contribution is -0.143. The predicted octanol–water partition coefficient (Wildman–Crippen LogP) is 5.88. The van der Waals surface area contributed by atoms with Crippen LogP contribution >= 0.6 is 11.6 Å². The summed E-state index contributed by atoms with van der Waals surface area (Å²) < 4.78 is 5.78. The van der Waals surface area contributed by atoms with Crippen molar-refractivity contribution in [2.45, 2.75) is 30.8 Å². The van der Waals surface area contributed by atoms with E-state index in [-0.39, 0.29) is 18.6 Å². The van der Waals surface area contributed by atoms with Gasteiger partial charge in [0.2, 0.25) is 0 Å². The van der Waals surface area contributed by atoms with Crippen molar-refractivity contribution in [3.05, 3.63) is 94.5 Å². The summed E-state index contributed by atoms with van der Waals surface area (Å²) in [5.74, 6) is -1.17. The van der Waals surface area contributed by atoms with Gasteiger partial charge in [0.15, 0.2) is 6.04 Å². The molecule has 1 saturated carbocycles. The fourth-order valence-corrected chi connectivity index (χ4v) is 4.68. The van der Waals surface area contributed by atoms with E-state index in [2.05, 4.69) is 24.3 Å². The van der Waals surface area contributed by atoms with Gasteiger partial charge in [0.1, 0.15) is 6.61 Å². The summed E-state index contributed by atoms with van der Waals surface area (Å²) >= 11 is 5.97. The first kappa shape index (κ1) is 20.6. The van der Waals surface area contributed by atoms with Gasteiger partial charge in [0, 0.05) is 17.0 Å². The number of fused-ring (bicyclic) bond motifs is 3. The van der Waals surface area contributed by atoms with Gasteiger partial charge in [-0.3, -0.25) is 4.90 Å². The number of rotatable bonds is 6. The number of benzene rings is 3. The number of amides is 1. The van der Waals surface area contributed by atoms with E-state index in [0.29, 0.717) is 10.6 Å². The Morgan fingerprint density at radius 3 is 2.03 bits per heavy atom. The van der Waals surface area contributed by atoms with Crippen LogP contribution in [-0.4, -0.2) is 34.7 Å². The minimum absolute atomic E-state index is 0.0776. The molecule has 1 fully saturated rings. The topological polar surface area (TPSA) is 66.8 Å². The second-order valence-electron chi connectivity index (χ2n) is 8.23. The highest BCUT2D eigenvalue weighted by Crippen LogP contribution is 2.45. The van der Waals surface area contributed by atoms with E-state index >= 15 is 0 Å². The summed E-state index contributed by atoms with van der Waals surface area (Å²) in [4.78, 5) is 26.7. The third-order valence-corrected chi connectivity index (χ3v) is 6.44. The number of carboxylic acids is 1. The molecule has 0 heterocycles. The molecule has 0 bridgehead atoms. The predicted molar refractivity (Wildman–Crippen MR) is 122 cm³/mol. The molecule has 0 radical (unpaired) electrons. The van der Waals surface area contributed by atoms with E-state index in [9.17, 15) is 14.7 Å². The van der Waals surface area contributed by atoms with Gasteiger partial charge in [-0.15, -0.1) is 0 Å². The lowest BCUT2D eigenvalue weighted by Crippen LogP contribution is -2.41. The van der Waals surface area contributed by atoms with Gasteiger partial charge in [-0.1, -0.05) is 72.3 Å². The molecule has 5 nitrogen and oxygen atoms in total. The molecule has 3 aromatic rings. The number of ether oxygens (including phenoxy) is 1. The zero-order valence-electron chi connectivity index (χ0n) is 17.3. The number of carboxylic acid groups (broad SMARTS) is 1. The third kappa shape index (κ3) is 3.73. The lowest BCUT2D eigenvalue weighted by atomic mass is 9.98. The van der Waals surface area contributed by atoms with Gasteiger partial charge in [0.25, 0.3) is 0 Å². The molecule has 2 aliphatic carbocycles. The van der Waals surface area contributed by atoms with E-state index in [1.54, 1.807) is 24.3 Å². The van der Waals surface area contributed by atoms with Gasteiger partial charge < -0.3 is 9.84 Å². The average Bonchev–Trinajstić information content (AvgIpc) is 3.58. The van der Waals surface area contributed by atoms with Crippen LogP contribution in [0.3, 0.4) is 0 Å². The molecule has 32 heavy (non-hydrogen) atoms. The third-order valence-electron chi connectivity index (χ3n) is 6.18. The van der Waals surface area contributed by atoms with Crippen LogP contribution in [0.1, 0.15) is 41.5 Å². The first-order chi connectivity index (χ1) is 15.5. The Morgan fingerprint density at radius 1 is 0.938 bits per heavy atom. The number of carbonyl (C=O) groups excluding carboxylic acids is 1. The molecule has 1 unspecified atom stereocenters. The fraction of sp³-hybridized carbons (Fsp3) is 0.231. The zero-order valence-corrected chi connectivity index (χ0v) is 18.0. The number of hydrogen-bond acceptors (Lipinski definition) is 3. The largest absolute Gasteiger partial charge is 0.479 e. The number of aliphatic carboxylic acids is 1. The first-order valence-electron chi connectivity index (χ1n) is 10.7. The van der Waals surface area contributed by atoms with Crippen molar-refractivity contribution in [1.82, 2.24) is 4.90 Å². The van der Waals surface area contributed by atoms with Crippen molar-refractivity contribution in [2.75, 3.05) is 6.61 Å². The smallest absolute Gasteiger partial charge is 0.411 e. The number of hydrogen-bond donors (Lipinski definition) is 1. The van der Waals surface area contributed by atoms with E-state index < -0.39 is 18.1 Å². The molecule has 1 atom stereocenters. The molecule has 2 aliphatic rings. The average molecular weight is 448 g/mol. The molecular formula is C26H22ClNO4. The maximum atomic E-state index is 13.2. The van der Waals surface area contributed by atoms with Crippen molar-refractivity contribution in [2.24, 2.45) is 0 Å². The standard InChI is InChI=1S/C26H22ClNO4/c27-17-11-9-16(10-12-17)24(25(29)30)28(18-13-14-18)26(31)32-15-23-21-7-3-1-5-19(21)20-6-2-4-8-22(20)23/h1-12,18,23-24H,13-15H2,(H,29,30). The molecule has 5 rings (SSSR count). The van der Waals surface area contributed by atoms with Crippen molar-refractivity contribution >= 4 is 23.7 Å². The molecule has 0 aromatic heterocycles. The van der Waals surface area contributed by atoms with Crippen LogP contribution in [0.15, 0.2) is 72.8 Å². The van der Waals surface area contributed by atoms with Crippen LogP contribution in [0.2, 0.25) is 5.02 Å². The van der Waals surface area contributed by atoms with Crippen LogP contribution < -0.4 is 0 Å². The molecule has 6 heteroatoms. The number of carbonyl (C=O) groups is 2. The van der Waals surface area contributed by atoms with Gasteiger partial charge in [-0.25, -0.2) is 9.59 Å². The number of halogens is 1. The Bertz CT molecular complexity index is 1130. The van der Waals surface area contributed by atoms with Crippen LogP contribution in [0.4, 0.5) is 4.79 Å². The summed E-state index contributed by atoms with van der Waals surface area (Å²) in [5.41, 5.74) is 5.03. The van der Waals surface area contributed by atoms with E-state index in [1.165, 1.54) is 4.90 Å². The molecular weight excluding hydrogens is 426 g/mol. The van der Waals surface area contributed by atoms with Crippen LogP contribution in [-0.2, 0) is 9.53 Å². The Labute approximate surface area is 191 Å². The SMILES string of the molecule is O=C(O)C(c1ccc(Cl)cc1)N(C(=O)OCC1c2ccccc2-c2ccccc21)C1CC1. The van der Waals surface area contributed by atoms with Gasteiger partial charge in [-0.05, 0) is 52.8 Å². The minimum atomic E-state index is -1.12. The molecule has 162 valence electrons. The molecule has 3 aromatic carbocycles. The summed E-state index contributed by atoms with van der Waals surface area (Å²) in [6, 6.07) is 21.5. The Kier molecular flexibility index (Phi) is 5.35.